The predicted octanol–water partition coefficient (Wildman–Crippen LogP) is 2.41. The zero-order chi connectivity index (χ0) is 23.8. The van der Waals surface area contributed by atoms with E-state index in [0.717, 1.165) is 17.7 Å². The third kappa shape index (κ3) is 3.90. The van der Waals surface area contributed by atoms with Crippen molar-refractivity contribution in [3.8, 4) is 0 Å². The molecule has 2 aliphatic rings. The molecule has 0 bridgehead atoms. The van der Waals surface area contributed by atoms with Crippen LogP contribution in [0.4, 0.5) is 4.39 Å². The summed E-state index contributed by atoms with van der Waals surface area (Å²) in [7, 11) is 0. The quantitative estimate of drug-likeness (QED) is 0.662. The molecule has 0 radical (unpaired) electrons. The summed E-state index contributed by atoms with van der Waals surface area (Å²) in [6.45, 7) is 3.34. The highest BCUT2D eigenvalue weighted by atomic mass is 19.1. The van der Waals surface area contributed by atoms with Crippen LogP contribution in [-0.2, 0) is 28.7 Å². The Balaban J connectivity index is 1.61. The Morgan fingerprint density at radius 1 is 1.30 bits per heavy atom. The summed E-state index contributed by atoms with van der Waals surface area (Å²) in [6, 6.07) is 8.31. The molecular weight excluding hydrogens is 433 g/mol. The molecule has 9 nitrogen and oxygen atoms in total. The van der Waals surface area contributed by atoms with E-state index in [0.29, 0.717) is 11.4 Å². The number of amides is 1. The fourth-order valence-electron chi connectivity index (χ4n) is 4.17. The van der Waals surface area contributed by atoms with E-state index in [1.807, 2.05) is 30.3 Å². The Bertz CT molecular complexity index is 1150. The van der Waals surface area contributed by atoms with Crippen molar-refractivity contribution < 1.29 is 33.1 Å². The second-order valence-corrected chi connectivity index (χ2v) is 8.47. The molecule has 1 N–H and O–H groups in total. The molecule has 0 unspecified atom stereocenters. The van der Waals surface area contributed by atoms with Crippen LogP contribution in [0.25, 0.3) is 10.8 Å². The fourth-order valence-corrected chi connectivity index (χ4v) is 4.17. The lowest BCUT2D eigenvalue weighted by Gasteiger charge is -2.34. The van der Waals surface area contributed by atoms with Crippen LogP contribution >= 0.6 is 0 Å². The Morgan fingerprint density at radius 3 is 2.76 bits per heavy atom. The lowest BCUT2D eigenvalue weighted by molar-refractivity contribution is -0.224. The van der Waals surface area contributed by atoms with E-state index < -0.39 is 42.0 Å². The number of cyclic esters (lactones) is 1. The molecule has 10 heteroatoms. The van der Waals surface area contributed by atoms with Gasteiger partial charge < -0.3 is 19.6 Å². The average molecular weight is 457 g/mol. The number of hydrogen-bond donors (Lipinski definition) is 1. The zero-order valence-corrected chi connectivity index (χ0v) is 18.5. The smallest absolute Gasteiger partial charge is 0.311 e. The van der Waals surface area contributed by atoms with Gasteiger partial charge in [-0.25, -0.2) is 4.39 Å². The number of carbonyl (C=O) groups excluding carboxylic acids is 3. The average Bonchev–Trinajstić information content (AvgIpc) is 3.36. The molecule has 3 heterocycles. The maximum absolute atomic E-state index is 13.9. The Morgan fingerprint density at radius 2 is 2.06 bits per heavy atom. The highest BCUT2D eigenvalue weighted by molar-refractivity contribution is 6.11. The lowest BCUT2D eigenvalue weighted by Crippen LogP contribution is -2.60. The van der Waals surface area contributed by atoms with Crippen LogP contribution < -0.4 is 5.32 Å². The molecule has 174 valence electrons. The molecule has 1 saturated heterocycles. The van der Waals surface area contributed by atoms with Crippen LogP contribution in [-0.4, -0.2) is 52.6 Å². The van der Waals surface area contributed by atoms with Crippen molar-refractivity contribution in [2.45, 2.75) is 51.0 Å². The number of nitrogens with one attached hydrogen (secondary N) is 1. The lowest BCUT2D eigenvalue weighted by atomic mass is 9.83. The zero-order valence-electron chi connectivity index (χ0n) is 18.5. The monoisotopic (exact) mass is 457 g/mol. The van der Waals surface area contributed by atoms with Gasteiger partial charge in [0.1, 0.15) is 11.8 Å². The highest BCUT2D eigenvalue weighted by Crippen LogP contribution is 2.37. The molecule has 0 aliphatic carbocycles. The van der Waals surface area contributed by atoms with Gasteiger partial charge in [0, 0.05) is 30.8 Å². The number of alkyl halides is 1. The molecule has 2 aromatic rings. The van der Waals surface area contributed by atoms with Crippen LogP contribution in [0.15, 0.2) is 41.7 Å². The summed E-state index contributed by atoms with van der Waals surface area (Å²) >= 11 is 0. The first kappa shape index (κ1) is 22.6. The number of fused-ring (bicyclic) bond motifs is 1. The number of hydrogen-bond acceptors (Lipinski definition) is 8. The van der Waals surface area contributed by atoms with Crippen LogP contribution in [0.1, 0.15) is 39.3 Å². The normalized spacial score (nSPS) is 26.6. The van der Waals surface area contributed by atoms with Crippen molar-refractivity contribution in [1.82, 2.24) is 10.3 Å². The summed E-state index contributed by atoms with van der Waals surface area (Å²) in [5, 5.41) is 8.62. The maximum atomic E-state index is 13.9. The van der Waals surface area contributed by atoms with E-state index in [1.54, 1.807) is 20.0 Å². The SMILES string of the molecule is CC(=O)O[C@]1(CF)OC(=O)C[C@@H]1NC(=O)[C@]1(C(C)C)CC(c2nccc3ccccc23)=NO1. The molecular formula is C23H24FN3O6. The molecule has 0 saturated carbocycles. The molecule has 3 atom stereocenters. The largest absolute Gasteiger partial charge is 0.418 e. The van der Waals surface area contributed by atoms with Gasteiger partial charge in [-0.15, -0.1) is 0 Å². The van der Waals surface area contributed by atoms with E-state index in [1.165, 1.54) is 0 Å². The van der Waals surface area contributed by atoms with Gasteiger partial charge in [0.25, 0.3) is 5.91 Å². The first-order valence-corrected chi connectivity index (χ1v) is 10.6. The number of aromatic nitrogens is 1. The number of benzene rings is 1. The molecule has 1 fully saturated rings. The Hall–Kier alpha value is -3.56. The summed E-state index contributed by atoms with van der Waals surface area (Å²) in [6.07, 6.45) is 1.41. The second-order valence-electron chi connectivity index (χ2n) is 8.47. The van der Waals surface area contributed by atoms with Crippen LogP contribution in [0, 0.1) is 5.92 Å². The minimum Gasteiger partial charge on any atom is -0.418 e. The number of carbonyl (C=O) groups is 3. The predicted molar refractivity (Wildman–Crippen MR) is 115 cm³/mol. The molecule has 0 spiro atoms. The number of ether oxygens (including phenoxy) is 2. The van der Waals surface area contributed by atoms with Crippen molar-refractivity contribution in [2.75, 3.05) is 6.67 Å². The number of pyridine rings is 1. The van der Waals surface area contributed by atoms with Gasteiger partial charge in [-0.05, 0) is 11.5 Å². The van der Waals surface area contributed by atoms with Gasteiger partial charge >= 0.3 is 17.7 Å². The molecule has 2 aliphatic heterocycles. The highest BCUT2D eigenvalue weighted by Gasteiger charge is 2.57. The van der Waals surface area contributed by atoms with Gasteiger partial charge in [0.15, 0.2) is 6.67 Å². The number of nitrogens with zero attached hydrogens (tertiary/aromatic N) is 2. The van der Waals surface area contributed by atoms with Crippen molar-refractivity contribution in [1.29, 1.82) is 0 Å². The van der Waals surface area contributed by atoms with Gasteiger partial charge in [-0.2, -0.15) is 0 Å². The minimum absolute atomic E-state index is 0.106. The van der Waals surface area contributed by atoms with Crippen molar-refractivity contribution in [3.63, 3.8) is 0 Å². The molecule has 1 aromatic carbocycles. The van der Waals surface area contributed by atoms with Gasteiger partial charge in [0.2, 0.25) is 5.60 Å². The number of rotatable bonds is 6. The van der Waals surface area contributed by atoms with E-state index in [9.17, 15) is 18.8 Å². The van der Waals surface area contributed by atoms with E-state index in [-0.39, 0.29) is 18.8 Å². The van der Waals surface area contributed by atoms with Gasteiger partial charge in [-0.3, -0.25) is 19.4 Å². The van der Waals surface area contributed by atoms with Crippen LogP contribution in [0.2, 0.25) is 0 Å². The topological polar surface area (TPSA) is 116 Å². The summed E-state index contributed by atoms with van der Waals surface area (Å²) in [4.78, 5) is 47.0. The standard InChI is InChI=1S/C23H24FN3O6/c1-13(2)22(21(30)26-18-10-19(29)32-23(18,12-24)31-14(3)28)11-17(27-33-22)20-16-7-5-4-6-15(16)8-9-25-20/h4-9,13,18H,10-12H2,1-3H3,(H,26,30)/t18-,22+,23+/m0/s1. The first-order valence-electron chi connectivity index (χ1n) is 10.6. The number of halogens is 1. The summed E-state index contributed by atoms with van der Waals surface area (Å²) in [5.74, 6) is -4.81. The van der Waals surface area contributed by atoms with Gasteiger partial charge in [-0.1, -0.05) is 43.3 Å². The molecule has 4 rings (SSSR count). The Kier molecular flexibility index (Phi) is 5.77. The number of esters is 2. The fraction of sp³-hybridized carbons (Fsp3) is 0.435. The molecule has 1 aromatic heterocycles. The van der Waals surface area contributed by atoms with Crippen molar-refractivity contribution in [3.05, 3.63) is 42.2 Å². The van der Waals surface area contributed by atoms with Crippen LogP contribution in [0.3, 0.4) is 0 Å². The van der Waals surface area contributed by atoms with Crippen molar-refractivity contribution in [2.24, 2.45) is 11.1 Å². The second kappa shape index (κ2) is 8.42. The first-order chi connectivity index (χ1) is 15.7. The van der Waals surface area contributed by atoms with Gasteiger partial charge in [0.05, 0.1) is 12.1 Å². The van der Waals surface area contributed by atoms with E-state index in [2.05, 4.69) is 15.5 Å². The summed E-state index contributed by atoms with van der Waals surface area (Å²) in [5.41, 5.74) is -0.343. The minimum atomic E-state index is -2.21. The van der Waals surface area contributed by atoms with Crippen LogP contribution in [0.5, 0.6) is 0 Å². The van der Waals surface area contributed by atoms with E-state index >= 15 is 0 Å². The molecule has 1 amide bonds. The summed E-state index contributed by atoms with van der Waals surface area (Å²) < 4.78 is 23.8. The third-order valence-electron chi connectivity index (χ3n) is 6.01. The maximum Gasteiger partial charge on any atom is 0.311 e. The third-order valence-corrected chi connectivity index (χ3v) is 6.01. The Labute approximate surface area is 189 Å². The number of oxime groups is 1. The molecule has 33 heavy (non-hydrogen) atoms. The van der Waals surface area contributed by atoms with E-state index in [4.69, 9.17) is 14.3 Å². The van der Waals surface area contributed by atoms with Crippen molar-refractivity contribution >= 4 is 34.3 Å².